The fourth-order valence-electron chi connectivity index (χ4n) is 0.889. The van der Waals surface area contributed by atoms with Gasteiger partial charge in [-0.1, -0.05) is 31.5 Å². The number of rotatable bonds is 1. The van der Waals surface area contributed by atoms with Gasteiger partial charge in [0.15, 0.2) is 0 Å². The Hall–Kier alpha value is -0.690. The third-order valence-corrected chi connectivity index (χ3v) is 1.96. The van der Waals surface area contributed by atoms with Crippen LogP contribution in [0, 0.1) is 0 Å². The van der Waals surface area contributed by atoms with Crippen molar-refractivity contribution in [3.05, 3.63) is 28.8 Å². The molecule has 11 heavy (non-hydrogen) atoms. The van der Waals surface area contributed by atoms with E-state index in [1.807, 2.05) is 6.07 Å². The second-order valence-corrected chi connectivity index (χ2v) is 3.27. The molecule has 60 valence electrons. The van der Waals surface area contributed by atoms with Crippen molar-refractivity contribution in [3.63, 3.8) is 0 Å². The molecule has 1 N–H and O–H groups in total. The molecule has 0 heterocycles. The number of hydrogen-bond acceptors (Lipinski definition) is 1. The maximum absolute atomic E-state index is 9.22. The van der Waals surface area contributed by atoms with E-state index in [-0.39, 0.29) is 5.75 Å². The van der Waals surface area contributed by atoms with Crippen LogP contribution < -0.4 is 0 Å². The van der Waals surface area contributed by atoms with Crippen LogP contribution >= 0.6 is 11.6 Å². The van der Waals surface area contributed by atoms with Crippen LogP contribution in [0.15, 0.2) is 18.2 Å². The third kappa shape index (κ3) is 1.87. The van der Waals surface area contributed by atoms with E-state index in [1.165, 1.54) is 0 Å². The smallest absolute Gasteiger partial charge is 0.134 e. The number of phenols is 1. The molecule has 0 aliphatic rings. The molecule has 0 atom stereocenters. The molecule has 0 saturated carbocycles. The predicted octanol–water partition coefficient (Wildman–Crippen LogP) is 3.17. The van der Waals surface area contributed by atoms with Crippen molar-refractivity contribution in [3.8, 4) is 5.75 Å². The molecule has 1 rings (SSSR count). The van der Waals surface area contributed by atoms with Crippen molar-refractivity contribution in [1.29, 1.82) is 0 Å². The number of hydrogen-bond donors (Lipinski definition) is 1. The Morgan fingerprint density at radius 2 is 2.00 bits per heavy atom. The second kappa shape index (κ2) is 3.14. The van der Waals surface area contributed by atoms with Gasteiger partial charge in [0, 0.05) is 0 Å². The molecule has 1 aromatic carbocycles. The first-order valence-electron chi connectivity index (χ1n) is 3.59. The van der Waals surface area contributed by atoms with Crippen molar-refractivity contribution < 1.29 is 5.11 Å². The van der Waals surface area contributed by atoms with E-state index in [0.717, 1.165) is 5.56 Å². The van der Waals surface area contributed by atoms with Gasteiger partial charge in [-0.3, -0.25) is 0 Å². The zero-order valence-corrected chi connectivity index (χ0v) is 7.39. The Morgan fingerprint density at radius 3 is 2.45 bits per heavy atom. The zero-order chi connectivity index (χ0) is 8.43. The zero-order valence-electron chi connectivity index (χ0n) is 6.63. The highest BCUT2D eigenvalue weighted by Gasteiger charge is 2.02. The van der Waals surface area contributed by atoms with Gasteiger partial charge in [-0.15, -0.1) is 0 Å². The quantitative estimate of drug-likeness (QED) is 0.687. The summed E-state index contributed by atoms with van der Waals surface area (Å²) in [5, 5.41) is 9.63. The van der Waals surface area contributed by atoms with Crippen LogP contribution in [-0.4, -0.2) is 5.11 Å². The Balaban J connectivity index is 3.05. The van der Waals surface area contributed by atoms with Crippen LogP contribution in [0.25, 0.3) is 0 Å². The number of aromatic hydroxyl groups is 1. The average Bonchev–Trinajstić information content (AvgIpc) is 1.94. The summed E-state index contributed by atoms with van der Waals surface area (Å²) in [7, 11) is 0. The highest BCUT2D eigenvalue weighted by molar-refractivity contribution is 6.32. The lowest BCUT2D eigenvalue weighted by molar-refractivity contribution is 0.474. The van der Waals surface area contributed by atoms with Gasteiger partial charge in [0.1, 0.15) is 5.75 Å². The largest absolute Gasteiger partial charge is 0.506 e. The van der Waals surface area contributed by atoms with Gasteiger partial charge < -0.3 is 5.11 Å². The maximum atomic E-state index is 9.22. The van der Waals surface area contributed by atoms with E-state index in [9.17, 15) is 5.11 Å². The summed E-state index contributed by atoms with van der Waals surface area (Å²) in [6.45, 7) is 4.14. The molecular weight excluding hydrogens is 160 g/mol. The van der Waals surface area contributed by atoms with E-state index in [4.69, 9.17) is 11.6 Å². The molecule has 0 spiro atoms. The van der Waals surface area contributed by atoms with E-state index in [1.54, 1.807) is 12.1 Å². The van der Waals surface area contributed by atoms with Gasteiger partial charge in [-0.25, -0.2) is 0 Å². The molecule has 0 radical (unpaired) electrons. The first-order valence-corrected chi connectivity index (χ1v) is 3.97. The molecule has 0 aromatic heterocycles. The number of halogens is 1. The lowest BCUT2D eigenvalue weighted by Gasteiger charge is -2.05. The SMILES string of the molecule is CC(C)c1ccc(Cl)c(O)c1. The second-order valence-electron chi connectivity index (χ2n) is 2.87. The van der Waals surface area contributed by atoms with Crippen LogP contribution in [0.2, 0.25) is 5.02 Å². The molecule has 0 amide bonds. The minimum atomic E-state index is 0.165. The fraction of sp³-hybridized carbons (Fsp3) is 0.333. The molecule has 0 bridgehead atoms. The van der Waals surface area contributed by atoms with Crippen LogP contribution in [0.1, 0.15) is 25.3 Å². The summed E-state index contributed by atoms with van der Waals surface area (Å²) < 4.78 is 0. The third-order valence-electron chi connectivity index (χ3n) is 1.64. The Morgan fingerprint density at radius 1 is 1.36 bits per heavy atom. The molecular formula is C9H11ClO. The van der Waals surface area contributed by atoms with Gasteiger partial charge in [-0.05, 0) is 23.6 Å². The van der Waals surface area contributed by atoms with E-state index in [2.05, 4.69) is 13.8 Å². The van der Waals surface area contributed by atoms with Gasteiger partial charge >= 0.3 is 0 Å². The minimum absolute atomic E-state index is 0.165. The van der Waals surface area contributed by atoms with Crippen molar-refractivity contribution in [2.24, 2.45) is 0 Å². The van der Waals surface area contributed by atoms with Crippen LogP contribution in [0.3, 0.4) is 0 Å². The van der Waals surface area contributed by atoms with Gasteiger partial charge in [0.2, 0.25) is 0 Å². The van der Waals surface area contributed by atoms with E-state index in [0.29, 0.717) is 10.9 Å². The van der Waals surface area contributed by atoms with Gasteiger partial charge in [0.05, 0.1) is 5.02 Å². The predicted molar refractivity (Wildman–Crippen MR) is 47.2 cm³/mol. The summed E-state index contributed by atoms with van der Waals surface area (Å²) in [5.74, 6) is 0.594. The number of benzene rings is 1. The summed E-state index contributed by atoms with van der Waals surface area (Å²) in [4.78, 5) is 0. The Bertz CT molecular complexity index is 256. The van der Waals surface area contributed by atoms with Crippen molar-refractivity contribution in [1.82, 2.24) is 0 Å². The summed E-state index contributed by atoms with van der Waals surface area (Å²) in [5.41, 5.74) is 1.10. The molecule has 0 aliphatic heterocycles. The molecule has 0 aliphatic carbocycles. The minimum Gasteiger partial charge on any atom is -0.506 e. The Labute approximate surface area is 71.6 Å². The van der Waals surface area contributed by atoms with E-state index < -0.39 is 0 Å². The van der Waals surface area contributed by atoms with Gasteiger partial charge in [0.25, 0.3) is 0 Å². The van der Waals surface area contributed by atoms with Crippen molar-refractivity contribution in [2.75, 3.05) is 0 Å². The summed E-state index contributed by atoms with van der Waals surface area (Å²) in [6.07, 6.45) is 0. The standard InChI is InChI=1S/C9H11ClO/c1-6(2)7-3-4-8(10)9(11)5-7/h3-6,11H,1-2H3. The van der Waals surface area contributed by atoms with E-state index >= 15 is 0 Å². The summed E-state index contributed by atoms with van der Waals surface area (Å²) in [6, 6.07) is 5.34. The number of phenolic OH excluding ortho intramolecular Hbond substituents is 1. The van der Waals surface area contributed by atoms with Crippen LogP contribution in [0.5, 0.6) is 5.75 Å². The lowest BCUT2D eigenvalue weighted by atomic mass is 10.0. The normalized spacial score (nSPS) is 10.5. The average molecular weight is 171 g/mol. The van der Waals surface area contributed by atoms with Crippen LogP contribution in [-0.2, 0) is 0 Å². The maximum Gasteiger partial charge on any atom is 0.134 e. The summed E-state index contributed by atoms with van der Waals surface area (Å²) >= 11 is 5.64. The molecule has 1 aromatic rings. The van der Waals surface area contributed by atoms with Gasteiger partial charge in [-0.2, -0.15) is 0 Å². The van der Waals surface area contributed by atoms with Crippen molar-refractivity contribution >= 4 is 11.6 Å². The first kappa shape index (κ1) is 8.41. The van der Waals surface area contributed by atoms with Crippen molar-refractivity contribution in [2.45, 2.75) is 19.8 Å². The molecule has 0 saturated heterocycles. The monoisotopic (exact) mass is 170 g/mol. The molecule has 0 unspecified atom stereocenters. The fourth-order valence-corrected chi connectivity index (χ4v) is 1.01. The highest BCUT2D eigenvalue weighted by atomic mass is 35.5. The molecule has 1 nitrogen and oxygen atoms in total. The highest BCUT2D eigenvalue weighted by Crippen LogP contribution is 2.26. The molecule has 0 fully saturated rings. The first-order chi connectivity index (χ1) is 5.11. The topological polar surface area (TPSA) is 20.2 Å². The van der Waals surface area contributed by atoms with Crippen LogP contribution in [0.4, 0.5) is 0 Å². The lowest BCUT2D eigenvalue weighted by Crippen LogP contribution is -1.85. The molecule has 2 heteroatoms. The Kier molecular flexibility index (Phi) is 2.40.